The number of hydrogen-bond donors (Lipinski definition) is 3. The maximum Gasteiger partial charge on any atom is 0.337 e. The fourth-order valence-corrected chi connectivity index (χ4v) is 1.77. The number of carbonyl (C=O) groups excluding carboxylic acids is 1. The highest BCUT2D eigenvalue weighted by Gasteiger charge is 2.17. The number of nitrogens with zero attached hydrogens (tertiary/aromatic N) is 1. The van der Waals surface area contributed by atoms with Crippen molar-refractivity contribution in [2.75, 3.05) is 30.8 Å². The van der Waals surface area contributed by atoms with Crippen LogP contribution in [0.5, 0.6) is 0 Å². The molecule has 0 aliphatic heterocycles. The molecule has 104 valence electrons. The summed E-state index contributed by atoms with van der Waals surface area (Å²) >= 11 is 0. The molecular weight excluding hydrogens is 246 g/mol. The van der Waals surface area contributed by atoms with Gasteiger partial charge in [0.15, 0.2) is 0 Å². The van der Waals surface area contributed by atoms with Gasteiger partial charge in [0, 0.05) is 13.6 Å². The van der Waals surface area contributed by atoms with Gasteiger partial charge >= 0.3 is 5.97 Å². The van der Waals surface area contributed by atoms with Crippen molar-refractivity contribution in [1.29, 1.82) is 0 Å². The van der Waals surface area contributed by atoms with Crippen LogP contribution in [0.2, 0.25) is 0 Å². The second-order valence-electron chi connectivity index (χ2n) is 4.25. The number of hydrogen-bond acceptors (Lipinski definition) is 4. The van der Waals surface area contributed by atoms with Crippen molar-refractivity contribution in [2.24, 2.45) is 0 Å². The maximum absolute atomic E-state index is 11.6. The molecule has 19 heavy (non-hydrogen) atoms. The van der Waals surface area contributed by atoms with Gasteiger partial charge in [0.05, 0.1) is 23.5 Å². The molecule has 0 saturated heterocycles. The molecule has 6 heteroatoms. The van der Waals surface area contributed by atoms with Gasteiger partial charge in [0.25, 0.3) is 0 Å². The number of aromatic carboxylic acids is 1. The summed E-state index contributed by atoms with van der Waals surface area (Å²) in [4.78, 5) is 24.3. The molecule has 0 heterocycles. The Hall–Kier alpha value is -2.24. The Morgan fingerprint density at radius 2 is 2.11 bits per heavy atom. The minimum absolute atomic E-state index is 0.0640. The standard InChI is InChI=1S/C13H19N3O3/c1-3-7-15-11(17)8-16(2)12-9(13(18)19)5-4-6-10(12)14/h4-6H,3,7-8,14H2,1-2H3,(H,15,17)(H,18,19). The lowest BCUT2D eigenvalue weighted by atomic mass is 10.1. The van der Waals surface area contributed by atoms with Gasteiger partial charge in [-0.15, -0.1) is 0 Å². The van der Waals surface area contributed by atoms with Crippen molar-refractivity contribution in [3.05, 3.63) is 23.8 Å². The summed E-state index contributed by atoms with van der Waals surface area (Å²) in [7, 11) is 1.64. The predicted molar refractivity (Wildman–Crippen MR) is 74.4 cm³/mol. The number of carbonyl (C=O) groups is 2. The molecule has 4 N–H and O–H groups in total. The van der Waals surface area contributed by atoms with E-state index in [0.29, 0.717) is 17.9 Å². The molecule has 0 fully saturated rings. The van der Waals surface area contributed by atoms with Crippen molar-refractivity contribution in [3.63, 3.8) is 0 Å². The number of anilines is 2. The van der Waals surface area contributed by atoms with E-state index in [4.69, 9.17) is 10.8 Å². The Morgan fingerprint density at radius 1 is 1.42 bits per heavy atom. The van der Waals surface area contributed by atoms with Crippen molar-refractivity contribution in [1.82, 2.24) is 5.32 Å². The fourth-order valence-electron chi connectivity index (χ4n) is 1.77. The molecule has 0 aliphatic carbocycles. The molecular formula is C13H19N3O3. The predicted octanol–water partition coefficient (Wildman–Crippen LogP) is 0.929. The zero-order chi connectivity index (χ0) is 14.4. The Balaban J connectivity index is 2.90. The highest BCUT2D eigenvalue weighted by Crippen LogP contribution is 2.26. The Kier molecular flexibility index (Phi) is 5.17. The quantitative estimate of drug-likeness (QED) is 0.665. The van der Waals surface area contributed by atoms with Gasteiger partial charge in [-0.2, -0.15) is 0 Å². The smallest absolute Gasteiger partial charge is 0.337 e. The number of amides is 1. The lowest BCUT2D eigenvalue weighted by molar-refractivity contribution is -0.119. The second-order valence-corrected chi connectivity index (χ2v) is 4.25. The van der Waals surface area contributed by atoms with Crippen molar-refractivity contribution < 1.29 is 14.7 Å². The Labute approximate surface area is 112 Å². The summed E-state index contributed by atoms with van der Waals surface area (Å²) in [5.41, 5.74) is 6.59. The lowest BCUT2D eigenvalue weighted by Crippen LogP contribution is -2.36. The summed E-state index contributed by atoms with van der Waals surface area (Å²) < 4.78 is 0. The van der Waals surface area contributed by atoms with Crippen LogP contribution < -0.4 is 16.0 Å². The van der Waals surface area contributed by atoms with Gasteiger partial charge in [0.2, 0.25) is 5.91 Å². The van der Waals surface area contributed by atoms with Crippen LogP contribution in [0.4, 0.5) is 11.4 Å². The van der Waals surface area contributed by atoms with Crippen LogP contribution in [0.25, 0.3) is 0 Å². The van der Waals surface area contributed by atoms with Crippen molar-refractivity contribution in [3.8, 4) is 0 Å². The summed E-state index contributed by atoms with van der Waals surface area (Å²) in [5, 5.41) is 11.9. The first-order valence-corrected chi connectivity index (χ1v) is 6.07. The number of likely N-dealkylation sites (N-methyl/N-ethyl adjacent to an activating group) is 1. The van der Waals surface area contributed by atoms with Crippen LogP contribution in [0.15, 0.2) is 18.2 Å². The number of benzene rings is 1. The maximum atomic E-state index is 11.6. The van der Waals surface area contributed by atoms with E-state index < -0.39 is 5.97 Å². The highest BCUT2D eigenvalue weighted by atomic mass is 16.4. The van der Waals surface area contributed by atoms with Crippen LogP contribution in [-0.2, 0) is 4.79 Å². The van der Waals surface area contributed by atoms with Gasteiger partial charge in [-0.1, -0.05) is 13.0 Å². The average molecular weight is 265 g/mol. The normalized spacial score (nSPS) is 10.0. The summed E-state index contributed by atoms with van der Waals surface area (Å²) in [6.07, 6.45) is 0.851. The molecule has 0 unspecified atom stereocenters. The Bertz CT molecular complexity index is 474. The monoisotopic (exact) mass is 265 g/mol. The molecule has 0 atom stereocenters. The van der Waals surface area contributed by atoms with Crippen LogP contribution in [0.3, 0.4) is 0 Å². The Morgan fingerprint density at radius 3 is 2.68 bits per heavy atom. The van der Waals surface area contributed by atoms with E-state index >= 15 is 0 Å². The zero-order valence-electron chi connectivity index (χ0n) is 11.1. The van der Waals surface area contributed by atoms with E-state index in [9.17, 15) is 9.59 Å². The van der Waals surface area contributed by atoms with E-state index in [0.717, 1.165) is 6.42 Å². The van der Waals surface area contributed by atoms with Gasteiger partial charge in [0.1, 0.15) is 0 Å². The molecule has 0 radical (unpaired) electrons. The number of para-hydroxylation sites is 1. The van der Waals surface area contributed by atoms with Crippen LogP contribution >= 0.6 is 0 Å². The molecule has 1 amide bonds. The third-order valence-corrected chi connectivity index (χ3v) is 2.63. The topological polar surface area (TPSA) is 95.7 Å². The average Bonchev–Trinajstić information content (AvgIpc) is 2.35. The van der Waals surface area contributed by atoms with E-state index in [1.807, 2.05) is 6.92 Å². The molecule has 1 rings (SSSR count). The fraction of sp³-hybridized carbons (Fsp3) is 0.385. The largest absolute Gasteiger partial charge is 0.478 e. The SMILES string of the molecule is CCCNC(=O)CN(C)c1c(N)cccc1C(=O)O. The van der Waals surface area contributed by atoms with Crippen LogP contribution in [-0.4, -0.2) is 37.1 Å². The number of nitrogens with one attached hydrogen (secondary N) is 1. The van der Waals surface area contributed by atoms with Gasteiger partial charge < -0.3 is 21.1 Å². The molecule has 0 spiro atoms. The molecule has 6 nitrogen and oxygen atoms in total. The first-order chi connectivity index (χ1) is 8.97. The molecule has 1 aromatic rings. The second kappa shape index (κ2) is 6.63. The van der Waals surface area contributed by atoms with Crippen molar-refractivity contribution in [2.45, 2.75) is 13.3 Å². The zero-order valence-corrected chi connectivity index (χ0v) is 11.1. The highest BCUT2D eigenvalue weighted by molar-refractivity contribution is 5.98. The molecule has 1 aromatic carbocycles. The van der Waals surface area contributed by atoms with E-state index in [-0.39, 0.29) is 18.0 Å². The molecule has 0 aliphatic rings. The van der Waals surface area contributed by atoms with Gasteiger partial charge in [-0.3, -0.25) is 4.79 Å². The molecule has 0 saturated carbocycles. The molecule has 0 bridgehead atoms. The third kappa shape index (κ3) is 3.87. The summed E-state index contributed by atoms with van der Waals surface area (Å²) in [6.45, 7) is 2.62. The van der Waals surface area contributed by atoms with Crippen molar-refractivity contribution >= 4 is 23.3 Å². The van der Waals surface area contributed by atoms with Gasteiger partial charge in [-0.05, 0) is 18.6 Å². The van der Waals surface area contributed by atoms with E-state index in [2.05, 4.69) is 5.32 Å². The van der Waals surface area contributed by atoms with Gasteiger partial charge in [-0.25, -0.2) is 4.79 Å². The van der Waals surface area contributed by atoms with Crippen LogP contribution in [0.1, 0.15) is 23.7 Å². The number of nitrogens with two attached hydrogens (primary N) is 1. The van der Waals surface area contributed by atoms with E-state index in [1.54, 1.807) is 24.1 Å². The summed E-state index contributed by atoms with van der Waals surface area (Å²) in [5.74, 6) is -1.23. The number of rotatable bonds is 6. The number of carboxylic acid groups (broad SMARTS) is 1. The first-order valence-electron chi connectivity index (χ1n) is 6.07. The minimum Gasteiger partial charge on any atom is -0.478 e. The van der Waals surface area contributed by atoms with E-state index in [1.165, 1.54) is 6.07 Å². The summed E-state index contributed by atoms with van der Waals surface area (Å²) in [6, 6.07) is 4.66. The number of carboxylic acids is 1. The first kappa shape index (κ1) is 14.8. The third-order valence-electron chi connectivity index (χ3n) is 2.63. The minimum atomic E-state index is -1.07. The number of nitrogen functional groups attached to an aromatic ring is 1. The lowest BCUT2D eigenvalue weighted by Gasteiger charge is -2.22. The molecule has 0 aromatic heterocycles. The van der Waals surface area contributed by atoms with Crippen LogP contribution in [0, 0.1) is 0 Å².